The monoisotopic (exact) mass is 387 g/mol. The Morgan fingerprint density at radius 2 is 2.04 bits per heavy atom. The maximum Gasteiger partial charge on any atom is 0.228 e. The molecule has 1 fully saturated rings. The summed E-state index contributed by atoms with van der Waals surface area (Å²) in [7, 11) is 0. The van der Waals surface area contributed by atoms with Crippen LogP contribution >= 0.6 is 36.2 Å². The molecule has 1 saturated heterocycles. The van der Waals surface area contributed by atoms with E-state index in [1.807, 2.05) is 10.3 Å². The molecule has 1 aliphatic heterocycles. The maximum absolute atomic E-state index is 12.4. The van der Waals surface area contributed by atoms with Gasteiger partial charge in [0, 0.05) is 36.6 Å². The highest BCUT2D eigenvalue weighted by atomic mass is 35.5. The van der Waals surface area contributed by atoms with E-state index in [0.29, 0.717) is 6.42 Å². The van der Waals surface area contributed by atoms with Gasteiger partial charge in [-0.25, -0.2) is 4.98 Å². The SMILES string of the molecule is Cc1ccc(-c2nc(CC(=O)N3CCNC[C@H]3C)cs2)cc1.Cl.Cl. The molecular formula is C17H23Cl2N3OS. The summed E-state index contributed by atoms with van der Waals surface area (Å²) in [6.07, 6.45) is 0.396. The second-order valence-electron chi connectivity index (χ2n) is 5.83. The van der Waals surface area contributed by atoms with Crippen molar-refractivity contribution in [2.45, 2.75) is 26.3 Å². The predicted octanol–water partition coefficient (Wildman–Crippen LogP) is 3.32. The normalized spacial score (nSPS) is 16.9. The fourth-order valence-corrected chi connectivity index (χ4v) is 3.51. The number of aryl methyl sites for hydroxylation is 1. The Balaban J connectivity index is 0.00000144. The molecule has 2 aromatic rings. The highest BCUT2D eigenvalue weighted by molar-refractivity contribution is 7.13. The third-order valence-electron chi connectivity index (χ3n) is 4.00. The molecule has 0 aliphatic carbocycles. The first-order valence-corrected chi connectivity index (χ1v) is 8.53. The molecule has 1 amide bonds. The number of hydrogen-bond donors (Lipinski definition) is 1. The van der Waals surface area contributed by atoms with Crippen LogP contribution in [0.1, 0.15) is 18.2 Å². The molecule has 3 rings (SSSR count). The first-order chi connectivity index (χ1) is 10.6. The number of benzene rings is 1. The number of rotatable bonds is 3. The third kappa shape index (κ3) is 4.93. The molecule has 4 nitrogen and oxygen atoms in total. The van der Waals surface area contributed by atoms with Crippen LogP contribution in [0.5, 0.6) is 0 Å². The average Bonchev–Trinajstić information content (AvgIpc) is 2.97. The van der Waals surface area contributed by atoms with Crippen LogP contribution in [0.25, 0.3) is 10.6 Å². The van der Waals surface area contributed by atoms with Crippen molar-refractivity contribution in [2.75, 3.05) is 19.6 Å². The number of carbonyl (C=O) groups is 1. The Morgan fingerprint density at radius 3 is 2.71 bits per heavy atom. The molecule has 0 unspecified atom stereocenters. The number of nitrogens with one attached hydrogen (secondary N) is 1. The van der Waals surface area contributed by atoms with Crippen molar-refractivity contribution < 1.29 is 4.79 Å². The van der Waals surface area contributed by atoms with Gasteiger partial charge in [-0.05, 0) is 13.8 Å². The summed E-state index contributed by atoms with van der Waals surface area (Å²) >= 11 is 1.60. The van der Waals surface area contributed by atoms with Crippen LogP contribution in [-0.4, -0.2) is 41.5 Å². The van der Waals surface area contributed by atoms with E-state index in [1.54, 1.807) is 11.3 Å². The van der Waals surface area contributed by atoms with Crippen molar-refractivity contribution in [1.82, 2.24) is 15.2 Å². The van der Waals surface area contributed by atoms with Gasteiger partial charge < -0.3 is 10.2 Å². The van der Waals surface area contributed by atoms with E-state index in [-0.39, 0.29) is 36.8 Å². The molecular weight excluding hydrogens is 365 g/mol. The van der Waals surface area contributed by atoms with Gasteiger partial charge in [0.1, 0.15) is 5.01 Å². The summed E-state index contributed by atoms with van der Waals surface area (Å²) in [5.74, 6) is 0.176. The molecule has 1 aromatic heterocycles. The van der Waals surface area contributed by atoms with E-state index in [4.69, 9.17) is 0 Å². The number of aromatic nitrogens is 1. The number of halogens is 2. The van der Waals surface area contributed by atoms with Crippen molar-refractivity contribution in [2.24, 2.45) is 0 Å². The lowest BCUT2D eigenvalue weighted by Gasteiger charge is -2.33. The van der Waals surface area contributed by atoms with Crippen LogP contribution < -0.4 is 5.32 Å². The largest absolute Gasteiger partial charge is 0.337 e. The van der Waals surface area contributed by atoms with E-state index in [0.717, 1.165) is 35.9 Å². The molecule has 0 bridgehead atoms. The van der Waals surface area contributed by atoms with Gasteiger partial charge in [-0.15, -0.1) is 36.2 Å². The Kier molecular flexibility index (Phi) is 8.16. The zero-order valence-corrected chi connectivity index (χ0v) is 16.3. The van der Waals surface area contributed by atoms with Crippen LogP contribution in [0, 0.1) is 6.92 Å². The van der Waals surface area contributed by atoms with Crippen molar-refractivity contribution in [3.8, 4) is 10.6 Å². The number of amides is 1. The summed E-state index contributed by atoms with van der Waals surface area (Å²) in [4.78, 5) is 19.0. The van der Waals surface area contributed by atoms with Crippen molar-refractivity contribution in [3.63, 3.8) is 0 Å². The summed E-state index contributed by atoms with van der Waals surface area (Å²) in [6.45, 7) is 6.70. The van der Waals surface area contributed by atoms with Crippen LogP contribution in [-0.2, 0) is 11.2 Å². The molecule has 1 atom stereocenters. The minimum atomic E-state index is 0. The molecule has 2 heterocycles. The van der Waals surface area contributed by atoms with Gasteiger partial charge in [0.05, 0.1) is 12.1 Å². The van der Waals surface area contributed by atoms with Crippen LogP contribution in [0.3, 0.4) is 0 Å². The number of nitrogens with zero attached hydrogens (tertiary/aromatic N) is 2. The first-order valence-electron chi connectivity index (χ1n) is 7.65. The van der Waals surface area contributed by atoms with Crippen LogP contribution in [0.15, 0.2) is 29.6 Å². The van der Waals surface area contributed by atoms with Gasteiger partial charge in [0.15, 0.2) is 0 Å². The van der Waals surface area contributed by atoms with Crippen molar-refractivity contribution in [3.05, 3.63) is 40.9 Å². The van der Waals surface area contributed by atoms with Crippen LogP contribution in [0.4, 0.5) is 0 Å². The summed E-state index contributed by atoms with van der Waals surface area (Å²) in [6, 6.07) is 8.60. The molecule has 0 radical (unpaired) electrons. The smallest absolute Gasteiger partial charge is 0.228 e. The fraction of sp³-hybridized carbons (Fsp3) is 0.412. The second kappa shape index (κ2) is 9.37. The Hall–Kier alpha value is -1.14. The molecule has 1 N–H and O–H groups in total. The van der Waals surface area contributed by atoms with Gasteiger partial charge in [-0.1, -0.05) is 29.8 Å². The summed E-state index contributed by atoms with van der Waals surface area (Å²) < 4.78 is 0. The van der Waals surface area contributed by atoms with E-state index in [1.165, 1.54) is 5.56 Å². The van der Waals surface area contributed by atoms with Crippen molar-refractivity contribution in [1.29, 1.82) is 0 Å². The highest BCUT2D eigenvalue weighted by Gasteiger charge is 2.23. The summed E-state index contributed by atoms with van der Waals surface area (Å²) in [5.41, 5.74) is 3.23. The zero-order valence-electron chi connectivity index (χ0n) is 13.8. The number of hydrogen-bond acceptors (Lipinski definition) is 4. The molecule has 132 valence electrons. The lowest BCUT2D eigenvalue weighted by molar-refractivity contribution is -0.133. The Morgan fingerprint density at radius 1 is 1.33 bits per heavy atom. The fourth-order valence-electron chi connectivity index (χ4n) is 2.68. The number of piperazine rings is 1. The van der Waals surface area contributed by atoms with E-state index in [2.05, 4.69) is 48.4 Å². The quantitative estimate of drug-likeness (QED) is 0.878. The maximum atomic E-state index is 12.4. The minimum absolute atomic E-state index is 0. The van der Waals surface area contributed by atoms with Gasteiger partial charge in [-0.2, -0.15) is 0 Å². The molecule has 0 spiro atoms. The van der Waals surface area contributed by atoms with Crippen molar-refractivity contribution >= 4 is 42.1 Å². The minimum Gasteiger partial charge on any atom is -0.337 e. The zero-order chi connectivity index (χ0) is 15.5. The molecule has 24 heavy (non-hydrogen) atoms. The standard InChI is InChI=1S/C17H21N3OS.2ClH/c1-12-3-5-14(6-4-12)17-19-15(11-22-17)9-16(21)20-8-7-18-10-13(20)2;;/h3-6,11,13,18H,7-10H2,1-2H3;2*1H/t13-;;/m1../s1. The van der Waals surface area contributed by atoms with E-state index >= 15 is 0 Å². The Labute approximate surface area is 159 Å². The van der Waals surface area contributed by atoms with E-state index < -0.39 is 0 Å². The van der Waals surface area contributed by atoms with Gasteiger partial charge in [0.2, 0.25) is 5.91 Å². The topological polar surface area (TPSA) is 45.2 Å². The predicted molar refractivity (Wildman–Crippen MR) is 105 cm³/mol. The van der Waals surface area contributed by atoms with Crippen LogP contribution in [0.2, 0.25) is 0 Å². The lowest BCUT2D eigenvalue weighted by atomic mass is 10.1. The van der Waals surface area contributed by atoms with Gasteiger partial charge in [0.25, 0.3) is 0 Å². The molecule has 7 heteroatoms. The average molecular weight is 388 g/mol. The van der Waals surface area contributed by atoms with E-state index in [9.17, 15) is 4.79 Å². The Bertz CT molecular complexity index is 660. The summed E-state index contributed by atoms with van der Waals surface area (Å²) in [5, 5.41) is 6.29. The second-order valence-corrected chi connectivity index (χ2v) is 6.69. The molecule has 0 saturated carbocycles. The van der Waals surface area contributed by atoms with Gasteiger partial charge in [-0.3, -0.25) is 4.79 Å². The van der Waals surface area contributed by atoms with Gasteiger partial charge >= 0.3 is 0 Å². The highest BCUT2D eigenvalue weighted by Crippen LogP contribution is 2.24. The number of carbonyl (C=O) groups excluding carboxylic acids is 1. The third-order valence-corrected chi connectivity index (χ3v) is 4.94. The molecule has 1 aliphatic rings. The first kappa shape index (κ1) is 20.9. The molecule has 1 aromatic carbocycles. The lowest BCUT2D eigenvalue weighted by Crippen LogP contribution is -2.52. The number of thiazole rings is 1.